The zero-order valence-electron chi connectivity index (χ0n) is 14.8. The van der Waals surface area contributed by atoms with Crippen LogP contribution in [0.1, 0.15) is 17.0 Å². The molecule has 0 amide bonds. The molecule has 0 bridgehead atoms. The van der Waals surface area contributed by atoms with Crippen molar-refractivity contribution >= 4 is 38.6 Å². The van der Waals surface area contributed by atoms with Crippen LogP contribution in [0.2, 0.25) is 0 Å². The maximum atomic E-state index is 9.62. The highest BCUT2D eigenvalue weighted by Gasteiger charge is 2.13. The van der Waals surface area contributed by atoms with Crippen LogP contribution in [0.25, 0.3) is 22.7 Å². The summed E-state index contributed by atoms with van der Waals surface area (Å²) in [5, 5.41) is 9.62. The van der Waals surface area contributed by atoms with Gasteiger partial charge >= 0.3 is 0 Å². The number of halogens is 1. The van der Waals surface area contributed by atoms with Gasteiger partial charge in [0.15, 0.2) is 11.5 Å². The number of imidazole rings is 1. The third-order valence-electron chi connectivity index (χ3n) is 3.88. The molecule has 0 fully saturated rings. The van der Waals surface area contributed by atoms with Crippen molar-refractivity contribution in [3.63, 3.8) is 0 Å². The van der Waals surface area contributed by atoms with E-state index >= 15 is 0 Å². The van der Waals surface area contributed by atoms with E-state index in [1.165, 1.54) is 0 Å². The summed E-state index contributed by atoms with van der Waals surface area (Å²) in [4.78, 5) is 7.71. The number of benzene rings is 2. The van der Waals surface area contributed by atoms with Gasteiger partial charge in [-0.25, -0.2) is 4.98 Å². The van der Waals surface area contributed by atoms with Crippen LogP contribution in [0, 0.1) is 30.6 Å². The number of nitrogens with zero attached hydrogens (tertiary/aromatic N) is 2. The van der Waals surface area contributed by atoms with Gasteiger partial charge in [0.2, 0.25) is 0 Å². The predicted molar refractivity (Wildman–Crippen MR) is 109 cm³/mol. The van der Waals surface area contributed by atoms with Gasteiger partial charge in [0.05, 0.1) is 28.2 Å². The van der Waals surface area contributed by atoms with Gasteiger partial charge in [0.1, 0.15) is 18.5 Å². The minimum atomic E-state index is 0.131. The van der Waals surface area contributed by atoms with Crippen molar-refractivity contribution < 1.29 is 9.47 Å². The average Bonchev–Trinajstić information content (AvgIpc) is 3.07. The highest BCUT2D eigenvalue weighted by Crippen LogP contribution is 2.37. The number of H-pyrrole nitrogens is 1. The van der Waals surface area contributed by atoms with Gasteiger partial charge in [-0.05, 0) is 64.3 Å². The number of nitriles is 1. The van der Waals surface area contributed by atoms with Crippen LogP contribution >= 0.6 is 15.9 Å². The number of hydrogen-bond donors (Lipinski definition) is 1. The zero-order valence-corrected chi connectivity index (χ0v) is 16.4. The summed E-state index contributed by atoms with van der Waals surface area (Å²) in [6.45, 7) is 2.14. The van der Waals surface area contributed by atoms with Crippen molar-refractivity contribution in [3.8, 4) is 29.9 Å². The first-order valence-electron chi connectivity index (χ1n) is 8.08. The standard InChI is InChI=1S/C21H16BrN3O2/c1-4-7-27-20-16(22)10-14(11-19(20)26-3)9-15(12-23)21-24-17-6-5-13(2)8-18(17)25-21/h1,5-6,8-11H,7H2,2-3H3,(H,24,25)/b15-9-. The van der Waals surface area contributed by atoms with Crippen LogP contribution in [-0.4, -0.2) is 23.7 Å². The van der Waals surface area contributed by atoms with E-state index in [4.69, 9.17) is 15.9 Å². The maximum Gasteiger partial charge on any atom is 0.176 e. The van der Waals surface area contributed by atoms with Crippen molar-refractivity contribution in [3.05, 3.63) is 51.8 Å². The molecule has 27 heavy (non-hydrogen) atoms. The highest BCUT2D eigenvalue weighted by molar-refractivity contribution is 9.10. The molecule has 0 aliphatic carbocycles. The zero-order chi connectivity index (χ0) is 19.4. The average molecular weight is 422 g/mol. The number of aryl methyl sites for hydroxylation is 1. The number of aromatic amines is 1. The number of fused-ring (bicyclic) bond motifs is 1. The number of allylic oxidation sites excluding steroid dienone is 1. The molecular weight excluding hydrogens is 406 g/mol. The van der Waals surface area contributed by atoms with E-state index in [2.05, 4.69) is 37.9 Å². The molecule has 3 rings (SSSR count). The third-order valence-corrected chi connectivity index (χ3v) is 4.46. The summed E-state index contributed by atoms with van der Waals surface area (Å²) in [5.74, 6) is 3.97. The Balaban J connectivity index is 2.03. The van der Waals surface area contributed by atoms with E-state index in [9.17, 15) is 5.26 Å². The lowest BCUT2D eigenvalue weighted by Crippen LogP contribution is -1.98. The van der Waals surface area contributed by atoms with Crippen LogP contribution in [-0.2, 0) is 0 Å². The first-order chi connectivity index (χ1) is 13.0. The number of aromatic nitrogens is 2. The molecule has 134 valence electrons. The lowest BCUT2D eigenvalue weighted by atomic mass is 10.1. The molecule has 0 atom stereocenters. The number of terminal acetylenes is 1. The van der Waals surface area contributed by atoms with E-state index in [1.54, 1.807) is 19.3 Å². The third kappa shape index (κ3) is 3.97. The molecule has 0 aliphatic heterocycles. The molecule has 0 saturated carbocycles. The van der Waals surface area contributed by atoms with E-state index in [0.29, 0.717) is 27.4 Å². The molecule has 0 saturated heterocycles. The Hall–Kier alpha value is -3.22. The summed E-state index contributed by atoms with van der Waals surface area (Å²) in [6.07, 6.45) is 6.99. The Morgan fingerprint density at radius 1 is 1.37 bits per heavy atom. The van der Waals surface area contributed by atoms with Crippen LogP contribution in [0.4, 0.5) is 0 Å². The van der Waals surface area contributed by atoms with Crippen LogP contribution in [0.15, 0.2) is 34.8 Å². The second-order valence-corrected chi connectivity index (χ2v) is 6.66. The van der Waals surface area contributed by atoms with E-state index in [-0.39, 0.29) is 6.61 Å². The Kier molecular flexibility index (Phi) is 5.49. The van der Waals surface area contributed by atoms with Gasteiger partial charge in [-0.2, -0.15) is 5.26 Å². The lowest BCUT2D eigenvalue weighted by Gasteiger charge is -2.12. The molecule has 1 aromatic heterocycles. The first kappa shape index (κ1) is 18.6. The molecule has 0 radical (unpaired) electrons. The van der Waals surface area contributed by atoms with Crippen molar-refractivity contribution in [1.82, 2.24) is 9.97 Å². The summed E-state index contributed by atoms with van der Waals surface area (Å²) < 4.78 is 11.6. The highest BCUT2D eigenvalue weighted by atomic mass is 79.9. The monoisotopic (exact) mass is 421 g/mol. The minimum absolute atomic E-state index is 0.131. The lowest BCUT2D eigenvalue weighted by molar-refractivity contribution is 0.329. The number of ether oxygens (including phenoxy) is 2. The van der Waals surface area contributed by atoms with Gasteiger partial charge in [-0.3, -0.25) is 0 Å². The number of methoxy groups -OCH3 is 1. The fourth-order valence-corrected chi connectivity index (χ4v) is 3.22. The van der Waals surface area contributed by atoms with Crippen molar-refractivity contribution in [2.24, 2.45) is 0 Å². The molecule has 5 nitrogen and oxygen atoms in total. The van der Waals surface area contributed by atoms with Crippen molar-refractivity contribution in [2.45, 2.75) is 6.92 Å². The largest absolute Gasteiger partial charge is 0.493 e. The Morgan fingerprint density at radius 2 is 2.19 bits per heavy atom. The first-order valence-corrected chi connectivity index (χ1v) is 8.87. The van der Waals surface area contributed by atoms with Gasteiger partial charge in [0.25, 0.3) is 0 Å². The summed E-state index contributed by atoms with van der Waals surface area (Å²) in [7, 11) is 1.55. The normalized spacial score (nSPS) is 11.1. The predicted octanol–water partition coefficient (Wildman–Crippen LogP) is 4.72. The maximum absolute atomic E-state index is 9.62. The van der Waals surface area contributed by atoms with Gasteiger partial charge in [-0.15, -0.1) is 6.42 Å². The smallest absolute Gasteiger partial charge is 0.176 e. The minimum Gasteiger partial charge on any atom is -0.493 e. The van der Waals surface area contributed by atoms with Crippen molar-refractivity contribution in [2.75, 3.05) is 13.7 Å². The Morgan fingerprint density at radius 3 is 2.89 bits per heavy atom. The topological polar surface area (TPSA) is 70.9 Å². The summed E-state index contributed by atoms with van der Waals surface area (Å²) in [5.41, 5.74) is 4.00. The summed E-state index contributed by atoms with van der Waals surface area (Å²) >= 11 is 3.46. The molecule has 6 heteroatoms. The molecule has 0 aliphatic rings. The molecule has 3 aromatic rings. The van der Waals surface area contributed by atoms with Crippen molar-refractivity contribution in [1.29, 1.82) is 5.26 Å². The molecule has 1 N–H and O–H groups in total. The Labute approximate surface area is 165 Å². The number of nitrogens with one attached hydrogen (secondary N) is 1. The van der Waals surface area contributed by atoms with E-state index in [1.807, 2.05) is 31.2 Å². The SMILES string of the molecule is C#CCOc1c(Br)cc(/C=C(/C#N)c2nc3ccc(C)cc3[nH]2)cc1OC. The fraction of sp³-hybridized carbons (Fsp3) is 0.143. The van der Waals surface area contributed by atoms with Crippen LogP contribution in [0.5, 0.6) is 11.5 Å². The number of hydrogen-bond acceptors (Lipinski definition) is 4. The van der Waals surface area contributed by atoms with Gasteiger partial charge in [-0.1, -0.05) is 12.0 Å². The second kappa shape index (κ2) is 7.99. The van der Waals surface area contributed by atoms with E-state index in [0.717, 1.165) is 22.2 Å². The molecule has 0 spiro atoms. The van der Waals surface area contributed by atoms with Crippen LogP contribution in [0.3, 0.4) is 0 Å². The molecule has 2 aromatic carbocycles. The summed E-state index contributed by atoms with van der Waals surface area (Å²) in [6, 6.07) is 11.7. The Bertz CT molecular complexity index is 1120. The number of rotatable bonds is 5. The fourth-order valence-electron chi connectivity index (χ4n) is 2.65. The second-order valence-electron chi connectivity index (χ2n) is 5.80. The molecule has 0 unspecified atom stereocenters. The van der Waals surface area contributed by atoms with Gasteiger partial charge in [0, 0.05) is 0 Å². The van der Waals surface area contributed by atoms with Crippen LogP contribution < -0.4 is 9.47 Å². The van der Waals surface area contributed by atoms with Gasteiger partial charge < -0.3 is 14.5 Å². The molecular formula is C21H16BrN3O2. The molecule has 1 heterocycles. The van der Waals surface area contributed by atoms with E-state index < -0.39 is 0 Å². The quantitative estimate of drug-likeness (QED) is 0.477.